The third-order valence-corrected chi connectivity index (χ3v) is 1.62. The second-order valence-corrected chi connectivity index (χ2v) is 2.76. The molecule has 0 aliphatic carbocycles. The van der Waals surface area contributed by atoms with Gasteiger partial charge >= 0.3 is 5.97 Å². The SMILES string of the molecule is CC(N)C(C)C(=O)NCC(=O)O. The van der Waals surface area contributed by atoms with E-state index in [9.17, 15) is 9.59 Å². The summed E-state index contributed by atoms with van der Waals surface area (Å²) in [7, 11) is 0. The monoisotopic (exact) mass is 174 g/mol. The van der Waals surface area contributed by atoms with Crippen LogP contribution in [0.5, 0.6) is 0 Å². The third-order valence-electron chi connectivity index (χ3n) is 1.62. The first-order valence-corrected chi connectivity index (χ1v) is 3.70. The summed E-state index contributed by atoms with van der Waals surface area (Å²) in [5.74, 6) is -1.74. The van der Waals surface area contributed by atoms with Crippen LogP contribution in [0.3, 0.4) is 0 Å². The molecule has 0 aliphatic rings. The van der Waals surface area contributed by atoms with E-state index in [1.165, 1.54) is 0 Å². The molecule has 0 saturated heterocycles. The molecule has 2 atom stereocenters. The Bertz CT molecular complexity index is 179. The number of nitrogens with one attached hydrogen (secondary N) is 1. The second kappa shape index (κ2) is 4.71. The number of nitrogens with two attached hydrogens (primary N) is 1. The van der Waals surface area contributed by atoms with E-state index >= 15 is 0 Å². The molecule has 0 fully saturated rings. The molecule has 5 nitrogen and oxygen atoms in total. The van der Waals surface area contributed by atoms with E-state index in [-0.39, 0.29) is 24.4 Å². The average molecular weight is 174 g/mol. The van der Waals surface area contributed by atoms with Crippen LogP contribution in [0.1, 0.15) is 13.8 Å². The Morgan fingerprint density at radius 3 is 2.33 bits per heavy atom. The van der Waals surface area contributed by atoms with E-state index in [1.54, 1.807) is 13.8 Å². The van der Waals surface area contributed by atoms with E-state index in [0.717, 1.165) is 0 Å². The molecule has 0 bridgehead atoms. The summed E-state index contributed by atoms with van der Waals surface area (Å²) in [6.07, 6.45) is 0. The van der Waals surface area contributed by atoms with Crippen LogP contribution in [0.4, 0.5) is 0 Å². The maximum Gasteiger partial charge on any atom is 0.322 e. The van der Waals surface area contributed by atoms with Crippen LogP contribution >= 0.6 is 0 Å². The van der Waals surface area contributed by atoms with E-state index < -0.39 is 5.97 Å². The Kier molecular flexibility index (Phi) is 4.28. The van der Waals surface area contributed by atoms with Crippen LogP contribution in [0.15, 0.2) is 0 Å². The molecule has 0 aromatic carbocycles. The van der Waals surface area contributed by atoms with Crippen molar-refractivity contribution in [2.45, 2.75) is 19.9 Å². The highest BCUT2D eigenvalue weighted by atomic mass is 16.4. The van der Waals surface area contributed by atoms with Crippen molar-refractivity contribution < 1.29 is 14.7 Å². The number of amides is 1. The molecule has 0 heterocycles. The number of carbonyl (C=O) groups excluding carboxylic acids is 1. The first kappa shape index (κ1) is 10.9. The van der Waals surface area contributed by atoms with Crippen LogP contribution in [0.25, 0.3) is 0 Å². The van der Waals surface area contributed by atoms with Gasteiger partial charge in [-0.2, -0.15) is 0 Å². The topological polar surface area (TPSA) is 92.4 Å². The normalized spacial score (nSPS) is 14.9. The van der Waals surface area contributed by atoms with Gasteiger partial charge in [0.2, 0.25) is 5.91 Å². The van der Waals surface area contributed by atoms with Crippen molar-refractivity contribution in [2.24, 2.45) is 11.7 Å². The Morgan fingerprint density at radius 2 is 2.00 bits per heavy atom. The maximum atomic E-state index is 11.0. The summed E-state index contributed by atoms with van der Waals surface area (Å²) in [6, 6.07) is -0.265. The smallest absolute Gasteiger partial charge is 0.322 e. The Hall–Kier alpha value is -1.10. The van der Waals surface area contributed by atoms with E-state index in [1.807, 2.05) is 0 Å². The molecule has 4 N–H and O–H groups in total. The summed E-state index contributed by atoms with van der Waals surface area (Å²) in [5, 5.41) is 10.5. The van der Waals surface area contributed by atoms with Crippen molar-refractivity contribution in [1.82, 2.24) is 5.32 Å². The lowest BCUT2D eigenvalue weighted by molar-refractivity contribution is -0.138. The number of carbonyl (C=O) groups is 2. The highest BCUT2D eigenvalue weighted by molar-refractivity contribution is 5.83. The number of hydrogen-bond acceptors (Lipinski definition) is 3. The first-order valence-electron chi connectivity index (χ1n) is 3.70. The van der Waals surface area contributed by atoms with Crippen LogP contribution in [-0.4, -0.2) is 29.6 Å². The minimum Gasteiger partial charge on any atom is -0.480 e. The predicted octanol–water partition coefficient (Wildman–Crippen LogP) is -0.829. The maximum absolute atomic E-state index is 11.0. The predicted molar refractivity (Wildman–Crippen MR) is 43.5 cm³/mol. The molecule has 70 valence electrons. The molecular formula is C7H14N2O3. The standard InChI is InChI=1S/C7H14N2O3/c1-4(5(2)8)7(12)9-3-6(10)11/h4-5H,3,8H2,1-2H3,(H,9,12)(H,10,11). The lowest BCUT2D eigenvalue weighted by atomic mass is 10.0. The van der Waals surface area contributed by atoms with Crippen molar-refractivity contribution in [3.8, 4) is 0 Å². The third kappa shape index (κ3) is 3.92. The van der Waals surface area contributed by atoms with Gasteiger partial charge in [0, 0.05) is 12.0 Å². The lowest BCUT2D eigenvalue weighted by Gasteiger charge is -2.13. The molecule has 0 spiro atoms. The van der Waals surface area contributed by atoms with Gasteiger partial charge in [-0.1, -0.05) is 6.92 Å². The molecule has 0 rings (SSSR count). The minimum absolute atomic E-state index is 0.265. The second-order valence-electron chi connectivity index (χ2n) is 2.76. The van der Waals surface area contributed by atoms with E-state index in [0.29, 0.717) is 0 Å². The number of carboxylic acid groups (broad SMARTS) is 1. The minimum atomic E-state index is -1.06. The number of carboxylic acids is 1. The number of rotatable bonds is 4. The van der Waals surface area contributed by atoms with Crippen LogP contribution in [0, 0.1) is 5.92 Å². The molecule has 12 heavy (non-hydrogen) atoms. The van der Waals surface area contributed by atoms with Crippen molar-refractivity contribution in [3.63, 3.8) is 0 Å². The van der Waals surface area contributed by atoms with Gasteiger partial charge in [0.1, 0.15) is 6.54 Å². The molecule has 0 aromatic rings. The molecule has 1 amide bonds. The van der Waals surface area contributed by atoms with Gasteiger partial charge in [-0.3, -0.25) is 9.59 Å². The van der Waals surface area contributed by atoms with Gasteiger partial charge < -0.3 is 16.2 Å². The van der Waals surface area contributed by atoms with Crippen molar-refractivity contribution in [1.29, 1.82) is 0 Å². The lowest BCUT2D eigenvalue weighted by Crippen LogP contribution is -2.40. The summed E-state index contributed by atoms with van der Waals surface area (Å²) in [4.78, 5) is 21.1. The molecule has 0 aromatic heterocycles. The number of aliphatic carboxylic acids is 1. The zero-order valence-electron chi connectivity index (χ0n) is 7.20. The van der Waals surface area contributed by atoms with Gasteiger partial charge in [0.05, 0.1) is 0 Å². The van der Waals surface area contributed by atoms with E-state index in [2.05, 4.69) is 5.32 Å². The van der Waals surface area contributed by atoms with Crippen LogP contribution in [-0.2, 0) is 9.59 Å². The van der Waals surface area contributed by atoms with Crippen LogP contribution in [0.2, 0.25) is 0 Å². The fourth-order valence-electron chi connectivity index (χ4n) is 0.562. The van der Waals surface area contributed by atoms with Gasteiger partial charge in [-0.15, -0.1) is 0 Å². The average Bonchev–Trinajstić information content (AvgIpc) is 1.98. The molecule has 0 radical (unpaired) electrons. The highest BCUT2D eigenvalue weighted by Crippen LogP contribution is 1.98. The first-order chi connectivity index (χ1) is 5.45. The number of hydrogen-bond donors (Lipinski definition) is 3. The molecule has 5 heteroatoms. The summed E-state index contributed by atoms with van der Waals surface area (Å²) in [5.41, 5.74) is 5.43. The van der Waals surface area contributed by atoms with Crippen molar-refractivity contribution in [3.05, 3.63) is 0 Å². The van der Waals surface area contributed by atoms with Gasteiger partial charge in [0.25, 0.3) is 0 Å². The van der Waals surface area contributed by atoms with Gasteiger partial charge in [-0.05, 0) is 6.92 Å². The van der Waals surface area contributed by atoms with Gasteiger partial charge in [0.15, 0.2) is 0 Å². The Morgan fingerprint density at radius 1 is 1.50 bits per heavy atom. The zero-order valence-corrected chi connectivity index (χ0v) is 7.20. The van der Waals surface area contributed by atoms with E-state index in [4.69, 9.17) is 10.8 Å². The largest absolute Gasteiger partial charge is 0.480 e. The molecular weight excluding hydrogens is 160 g/mol. The van der Waals surface area contributed by atoms with Crippen molar-refractivity contribution >= 4 is 11.9 Å². The fourth-order valence-corrected chi connectivity index (χ4v) is 0.562. The Labute approximate surface area is 70.9 Å². The summed E-state index contributed by atoms with van der Waals surface area (Å²) < 4.78 is 0. The molecule has 0 aliphatic heterocycles. The Balaban J connectivity index is 3.80. The van der Waals surface area contributed by atoms with Gasteiger partial charge in [-0.25, -0.2) is 0 Å². The highest BCUT2D eigenvalue weighted by Gasteiger charge is 2.16. The molecule has 0 saturated carbocycles. The van der Waals surface area contributed by atoms with Crippen LogP contribution < -0.4 is 11.1 Å². The quantitative estimate of drug-likeness (QED) is 0.518. The summed E-state index contributed by atoms with van der Waals surface area (Å²) >= 11 is 0. The fraction of sp³-hybridized carbons (Fsp3) is 0.714. The van der Waals surface area contributed by atoms with Crippen molar-refractivity contribution in [2.75, 3.05) is 6.54 Å². The zero-order chi connectivity index (χ0) is 9.72. The summed E-state index contributed by atoms with van der Waals surface area (Å²) in [6.45, 7) is 3.00. The molecule has 2 unspecified atom stereocenters.